The quantitative estimate of drug-likeness (QED) is 0.697. The fourth-order valence-electron chi connectivity index (χ4n) is 0.275. The molecule has 0 radical (unpaired) electrons. The molecule has 124 valence electrons. The van der Waals surface area contributed by atoms with Crippen molar-refractivity contribution in [2.75, 3.05) is 34.3 Å². The first-order valence-corrected chi connectivity index (χ1v) is 4.09. The Balaban J connectivity index is -0.0000000611. The highest BCUT2D eigenvalue weighted by molar-refractivity contribution is 4.57. The van der Waals surface area contributed by atoms with E-state index < -0.39 is 39.4 Å². The molecule has 0 aromatic heterocycles. The molecule has 1 unspecified atom stereocenters. The Morgan fingerprint density at radius 2 is 1.21 bits per heavy atom. The third-order valence-electron chi connectivity index (χ3n) is 0.749. The lowest BCUT2D eigenvalue weighted by Gasteiger charge is -2.16. The molecule has 0 fully saturated rings. The number of rotatable bonds is 4. The van der Waals surface area contributed by atoms with Gasteiger partial charge in [0.25, 0.3) is 6.43 Å². The van der Waals surface area contributed by atoms with Gasteiger partial charge in [-0.05, 0) is 6.92 Å². The molecule has 0 saturated heterocycles. The SMILES string of the molecule is CC(F)(CF)OCC(F)F.CF.F.FCF.FCF. The first-order chi connectivity index (χ1) is 8.31. The van der Waals surface area contributed by atoms with Gasteiger partial charge in [0.15, 0.2) is 0 Å². The summed E-state index contributed by atoms with van der Waals surface area (Å²) in [6.45, 7) is -5.23. The Kier molecular flexibility index (Phi) is 42.3. The summed E-state index contributed by atoms with van der Waals surface area (Å²) in [5, 5.41) is 0. The Hall–Kier alpha value is -0.740. The average Bonchev–Trinajstić information content (AvgIpc) is 2.31. The van der Waals surface area contributed by atoms with E-state index in [1.165, 1.54) is 0 Å². The van der Waals surface area contributed by atoms with Gasteiger partial charge in [0.2, 0.25) is 19.7 Å². The van der Waals surface area contributed by atoms with Gasteiger partial charge in [-0.1, -0.05) is 0 Å². The highest BCUT2D eigenvalue weighted by Gasteiger charge is 2.24. The van der Waals surface area contributed by atoms with E-state index >= 15 is 0 Å². The molecular weight excluding hydrogens is 302 g/mol. The largest absolute Gasteiger partial charge is 0.338 e. The minimum absolute atomic E-state index is 0. The minimum atomic E-state index is -2.76. The third kappa shape index (κ3) is 58.9. The fraction of sp³-hybridized carbons (Fsp3) is 1.00. The van der Waals surface area contributed by atoms with Gasteiger partial charge in [-0.2, -0.15) is 0 Å². The fourth-order valence-corrected chi connectivity index (χ4v) is 0.275. The summed E-state index contributed by atoms with van der Waals surface area (Å²) in [6.07, 6.45) is -2.76. The molecule has 0 aliphatic heterocycles. The second-order valence-electron chi connectivity index (χ2n) is 2.14. The van der Waals surface area contributed by atoms with Crippen molar-refractivity contribution in [3.63, 3.8) is 0 Å². The molecule has 0 aliphatic carbocycles. The standard InChI is InChI=1S/C5H8F4O.2CH2F2.CH3F.FH/c1-5(9,3-6)10-2-4(7)8;2*2-1-3;1-2;/h4H,2-3H2,1H3;2*1H2;1H3;1H. The molecule has 0 aromatic carbocycles. The third-order valence-corrected chi connectivity index (χ3v) is 0.749. The van der Waals surface area contributed by atoms with Crippen LogP contribution in [0.1, 0.15) is 6.92 Å². The van der Waals surface area contributed by atoms with Crippen LogP contribution in [0.5, 0.6) is 0 Å². The van der Waals surface area contributed by atoms with Crippen LogP contribution in [0, 0.1) is 0 Å². The number of hydrogen-bond donors (Lipinski definition) is 0. The van der Waals surface area contributed by atoms with E-state index in [2.05, 4.69) is 4.74 Å². The summed E-state index contributed by atoms with van der Waals surface area (Å²) < 4.78 is 98.1. The maximum Gasteiger partial charge on any atom is 0.261 e. The van der Waals surface area contributed by atoms with Gasteiger partial charge in [-0.3, -0.25) is 9.09 Å². The highest BCUT2D eigenvalue weighted by atomic mass is 19.3. The van der Waals surface area contributed by atoms with Crippen molar-refractivity contribution in [3.8, 4) is 0 Å². The van der Waals surface area contributed by atoms with E-state index in [1.54, 1.807) is 0 Å². The molecule has 0 bridgehead atoms. The lowest BCUT2D eigenvalue weighted by Crippen LogP contribution is -2.27. The molecule has 0 N–H and O–H groups in total. The smallest absolute Gasteiger partial charge is 0.261 e. The average molecular weight is 318 g/mol. The predicted molar refractivity (Wildman–Crippen MR) is 51.1 cm³/mol. The Morgan fingerprint density at radius 1 is 0.947 bits per heavy atom. The molecule has 1 atom stereocenters. The second-order valence-corrected chi connectivity index (χ2v) is 2.14. The van der Waals surface area contributed by atoms with Crippen LogP contribution in [0.4, 0.5) is 44.2 Å². The molecule has 0 aromatic rings. The maximum atomic E-state index is 12.2. The summed E-state index contributed by atoms with van der Waals surface area (Å²) in [6, 6.07) is 0. The summed E-state index contributed by atoms with van der Waals surface area (Å²) >= 11 is 0. The summed E-state index contributed by atoms with van der Waals surface area (Å²) in [7, 11) is 0.500. The first-order valence-electron chi connectivity index (χ1n) is 4.09. The van der Waals surface area contributed by atoms with Crippen LogP contribution in [0.25, 0.3) is 0 Å². The van der Waals surface area contributed by atoms with E-state index in [1.807, 2.05) is 0 Å². The van der Waals surface area contributed by atoms with Gasteiger partial charge < -0.3 is 4.74 Å². The minimum Gasteiger partial charge on any atom is -0.338 e. The second kappa shape index (κ2) is 26.0. The number of alkyl halides is 9. The van der Waals surface area contributed by atoms with Crippen LogP contribution in [0.2, 0.25) is 0 Å². The van der Waals surface area contributed by atoms with Gasteiger partial charge in [0.1, 0.15) is 13.3 Å². The van der Waals surface area contributed by atoms with Gasteiger partial charge in [0.05, 0.1) is 7.18 Å². The van der Waals surface area contributed by atoms with E-state index in [-0.39, 0.29) is 4.70 Å². The van der Waals surface area contributed by atoms with Gasteiger partial charge in [-0.25, -0.2) is 35.1 Å². The van der Waals surface area contributed by atoms with Crippen LogP contribution in [-0.4, -0.2) is 46.6 Å². The van der Waals surface area contributed by atoms with Gasteiger partial charge >= 0.3 is 0 Å². The molecule has 0 spiro atoms. The highest BCUT2D eigenvalue weighted by Crippen LogP contribution is 2.13. The van der Waals surface area contributed by atoms with Gasteiger partial charge in [-0.15, -0.1) is 0 Å². The number of hydrogen-bond acceptors (Lipinski definition) is 1. The van der Waals surface area contributed by atoms with E-state index in [0.717, 1.165) is 6.92 Å². The molecule has 0 amide bonds. The van der Waals surface area contributed by atoms with Crippen molar-refractivity contribution in [3.05, 3.63) is 0 Å². The Bertz CT molecular complexity index is 122. The molecule has 11 heteroatoms. The number of halogens is 10. The van der Waals surface area contributed by atoms with Gasteiger partial charge in [0, 0.05) is 0 Å². The lowest BCUT2D eigenvalue weighted by molar-refractivity contribution is -0.165. The molecule has 0 rings (SSSR count). The maximum absolute atomic E-state index is 12.2. The van der Waals surface area contributed by atoms with Crippen molar-refractivity contribution < 1.29 is 49.0 Å². The van der Waals surface area contributed by atoms with E-state index in [0.29, 0.717) is 7.18 Å². The first kappa shape index (κ1) is 30.9. The molecule has 19 heavy (non-hydrogen) atoms. The molecule has 0 aliphatic rings. The zero-order valence-corrected chi connectivity index (χ0v) is 10.1. The van der Waals surface area contributed by atoms with E-state index in [4.69, 9.17) is 0 Å². The van der Waals surface area contributed by atoms with Crippen molar-refractivity contribution in [2.45, 2.75) is 19.2 Å². The summed E-state index contributed by atoms with van der Waals surface area (Å²) in [5.74, 6) is -2.57. The molecule has 1 nitrogen and oxygen atoms in total. The normalized spacial score (nSPS) is 11.4. The number of ether oxygens (including phenoxy) is 1. The molecule has 0 saturated carbocycles. The zero-order valence-electron chi connectivity index (χ0n) is 10.1. The zero-order chi connectivity index (χ0) is 15.6. The topological polar surface area (TPSA) is 9.23 Å². The van der Waals surface area contributed by atoms with Crippen LogP contribution in [0.3, 0.4) is 0 Å². The Morgan fingerprint density at radius 3 is 1.37 bits per heavy atom. The Labute approximate surface area is 104 Å². The summed E-state index contributed by atoms with van der Waals surface area (Å²) in [5.41, 5.74) is 0. The van der Waals surface area contributed by atoms with Crippen molar-refractivity contribution in [1.29, 1.82) is 0 Å². The predicted octanol–water partition coefficient (Wildman–Crippen LogP) is 4.43. The van der Waals surface area contributed by atoms with Crippen molar-refractivity contribution in [1.82, 2.24) is 0 Å². The van der Waals surface area contributed by atoms with Crippen molar-refractivity contribution >= 4 is 0 Å². The monoisotopic (exact) mass is 318 g/mol. The molecular formula is C8H16F10O. The lowest BCUT2D eigenvalue weighted by atomic mass is 10.4. The van der Waals surface area contributed by atoms with E-state index in [9.17, 15) is 39.5 Å². The van der Waals surface area contributed by atoms with Crippen LogP contribution in [-0.2, 0) is 4.74 Å². The van der Waals surface area contributed by atoms with Crippen molar-refractivity contribution in [2.24, 2.45) is 0 Å². The van der Waals surface area contributed by atoms with Crippen LogP contribution >= 0.6 is 0 Å². The van der Waals surface area contributed by atoms with Crippen LogP contribution < -0.4 is 0 Å². The molecule has 0 heterocycles. The summed E-state index contributed by atoms with van der Waals surface area (Å²) in [4.78, 5) is 0. The van der Waals surface area contributed by atoms with Crippen LogP contribution in [0.15, 0.2) is 0 Å².